The van der Waals surface area contributed by atoms with E-state index in [-0.39, 0.29) is 18.1 Å². The molecule has 1 aromatic heterocycles. The topological polar surface area (TPSA) is 48.1 Å². The third-order valence-electron chi connectivity index (χ3n) is 5.49. The first-order chi connectivity index (χ1) is 14.0. The Morgan fingerprint density at radius 1 is 1.17 bits per heavy atom. The van der Waals surface area contributed by atoms with Crippen molar-refractivity contribution >= 4 is 34.3 Å². The number of halogens is 1. The fourth-order valence-electron chi connectivity index (χ4n) is 3.92. The number of anilines is 1. The van der Waals surface area contributed by atoms with Crippen LogP contribution >= 0.6 is 11.8 Å². The average Bonchev–Trinajstić information content (AvgIpc) is 2.99. The maximum atomic E-state index is 13.6. The zero-order chi connectivity index (χ0) is 20.4. The number of benzene rings is 2. The first-order valence-corrected chi connectivity index (χ1v) is 11.1. The van der Waals surface area contributed by atoms with E-state index >= 15 is 0 Å². The number of amides is 1. The third kappa shape index (κ3) is 4.65. The Morgan fingerprint density at radius 3 is 2.72 bits per heavy atom. The number of hydrogen-bond acceptors (Lipinski definition) is 3. The maximum Gasteiger partial charge on any atom is 0.228 e. The van der Waals surface area contributed by atoms with Crippen LogP contribution in [-0.4, -0.2) is 40.4 Å². The molecule has 4 nitrogen and oxygen atoms in total. The SMILES string of the molecule is Cc1cc(CN2CCSCC2)ccc1NC(=O)Cc1c(C)[nH]c2ccc(F)cc12. The highest BCUT2D eigenvalue weighted by atomic mass is 32.2. The van der Waals surface area contributed by atoms with Gasteiger partial charge >= 0.3 is 0 Å². The van der Waals surface area contributed by atoms with Crippen LogP contribution in [0.5, 0.6) is 0 Å². The minimum absolute atomic E-state index is 0.0952. The van der Waals surface area contributed by atoms with Gasteiger partial charge in [0.25, 0.3) is 0 Å². The molecule has 0 saturated carbocycles. The second-order valence-electron chi connectivity index (χ2n) is 7.68. The smallest absolute Gasteiger partial charge is 0.228 e. The predicted octanol–water partition coefficient (Wildman–Crippen LogP) is 4.65. The van der Waals surface area contributed by atoms with E-state index in [0.29, 0.717) is 0 Å². The van der Waals surface area contributed by atoms with Gasteiger partial charge in [0.1, 0.15) is 5.82 Å². The standard InChI is InChI=1S/C23H26FN3OS/c1-15-11-17(14-27-7-9-29-10-8-27)3-5-21(15)26-23(28)13-19-16(2)25-22-6-4-18(24)12-20(19)22/h3-6,11-12,25H,7-10,13-14H2,1-2H3,(H,26,28). The van der Waals surface area contributed by atoms with Gasteiger partial charge in [-0.15, -0.1) is 0 Å². The second-order valence-corrected chi connectivity index (χ2v) is 8.91. The van der Waals surface area contributed by atoms with Crippen LogP contribution in [-0.2, 0) is 17.8 Å². The molecule has 6 heteroatoms. The Bertz CT molecular complexity index is 1040. The molecule has 3 aromatic rings. The molecule has 29 heavy (non-hydrogen) atoms. The van der Waals surface area contributed by atoms with Gasteiger partial charge in [-0.2, -0.15) is 11.8 Å². The van der Waals surface area contributed by atoms with Crippen LogP contribution in [0.25, 0.3) is 10.9 Å². The molecule has 4 rings (SSSR count). The molecule has 2 heterocycles. The Morgan fingerprint density at radius 2 is 1.97 bits per heavy atom. The largest absolute Gasteiger partial charge is 0.358 e. The molecule has 0 spiro atoms. The van der Waals surface area contributed by atoms with Gasteiger partial charge in [0.15, 0.2) is 0 Å². The molecule has 1 aliphatic heterocycles. The van der Waals surface area contributed by atoms with E-state index in [9.17, 15) is 9.18 Å². The lowest BCUT2D eigenvalue weighted by atomic mass is 10.1. The van der Waals surface area contributed by atoms with E-state index in [1.165, 1.54) is 29.2 Å². The van der Waals surface area contributed by atoms with Gasteiger partial charge in [-0.25, -0.2) is 4.39 Å². The number of nitrogens with zero attached hydrogens (tertiary/aromatic N) is 1. The molecule has 152 valence electrons. The van der Waals surface area contributed by atoms with Crippen LogP contribution in [0.4, 0.5) is 10.1 Å². The summed E-state index contributed by atoms with van der Waals surface area (Å²) in [5, 5.41) is 3.79. The summed E-state index contributed by atoms with van der Waals surface area (Å²) in [6.45, 7) is 7.16. The number of rotatable bonds is 5. The van der Waals surface area contributed by atoms with Crippen molar-refractivity contribution in [2.24, 2.45) is 0 Å². The van der Waals surface area contributed by atoms with Crippen molar-refractivity contribution in [2.75, 3.05) is 29.9 Å². The van der Waals surface area contributed by atoms with E-state index in [0.717, 1.165) is 53.0 Å². The quantitative estimate of drug-likeness (QED) is 0.642. The zero-order valence-electron chi connectivity index (χ0n) is 16.8. The summed E-state index contributed by atoms with van der Waals surface area (Å²) in [5.74, 6) is 2.01. The molecule has 2 N–H and O–H groups in total. The van der Waals surface area contributed by atoms with Crippen molar-refractivity contribution in [1.29, 1.82) is 0 Å². The number of nitrogens with one attached hydrogen (secondary N) is 2. The number of thioether (sulfide) groups is 1. The number of hydrogen-bond donors (Lipinski definition) is 2. The van der Waals surface area contributed by atoms with Crippen LogP contribution in [0.1, 0.15) is 22.4 Å². The zero-order valence-corrected chi connectivity index (χ0v) is 17.7. The van der Waals surface area contributed by atoms with Crippen molar-refractivity contribution in [3.05, 3.63) is 64.6 Å². The van der Waals surface area contributed by atoms with Gasteiger partial charge in [-0.1, -0.05) is 12.1 Å². The van der Waals surface area contributed by atoms with Crippen molar-refractivity contribution < 1.29 is 9.18 Å². The molecular formula is C23H26FN3OS. The summed E-state index contributed by atoms with van der Waals surface area (Å²) in [6, 6.07) is 10.9. The van der Waals surface area contributed by atoms with Gasteiger partial charge in [-0.3, -0.25) is 9.69 Å². The van der Waals surface area contributed by atoms with Gasteiger partial charge < -0.3 is 10.3 Å². The Hall–Kier alpha value is -2.31. The van der Waals surface area contributed by atoms with Gasteiger partial charge in [0.2, 0.25) is 5.91 Å². The fourth-order valence-corrected chi connectivity index (χ4v) is 4.90. The number of aromatic nitrogens is 1. The summed E-state index contributed by atoms with van der Waals surface area (Å²) >= 11 is 2.01. The van der Waals surface area contributed by atoms with Crippen LogP contribution in [0, 0.1) is 19.7 Å². The average molecular weight is 412 g/mol. The molecule has 2 aromatic carbocycles. The van der Waals surface area contributed by atoms with Gasteiger partial charge in [0.05, 0.1) is 6.42 Å². The molecule has 0 unspecified atom stereocenters. The van der Waals surface area contributed by atoms with Crippen molar-refractivity contribution in [1.82, 2.24) is 9.88 Å². The lowest BCUT2D eigenvalue weighted by Gasteiger charge is -2.26. The van der Waals surface area contributed by atoms with Crippen molar-refractivity contribution in [3.8, 4) is 0 Å². The van der Waals surface area contributed by atoms with Gasteiger partial charge in [-0.05, 0) is 54.8 Å². The van der Waals surface area contributed by atoms with Crippen molar-refractivity contribution in [2.45, 2.75) is 26.8 Å². The molecule has 0 atom stereocenters. The van der Waals surface area contributed by atoms with E-state index in [4.69, 9.17) is 0 Å². The molecule has 1 amide bonds. The Kier molecular flexibility index (Phi) is 5.92. The van der Waals surface area contributed by atoms with Crippen LogP contribution in [0.2, 0.25) is 0 Å². The molecule has 0 aliphatic carbocycles. The summed E-state index contributed by atoms with van der Waals surface area (Å²) < 4.78 is 13.6. The number of fused-ring (bicyclic) bond motifs is 1. The summed E-state index contributed by atoms with van der Waals surface area (Å²) in [6.07, 6.45) is 0.210. The number of aryl methyl sites for hydroxylation is 2. The number of carbonyl (C=O) groups excluding carboxylic acids is 1. The van der Waals surface area contributed by atoms with Crippen molar-refractivity contribution in [3.63, 3.8) is 0 Å². The molecule has 1 aliphatic rings. The minimum atomic E-state index is -0.295. The summed E-state index contributed by atoms with van der Waals surface area (Å²) in [5.41, 5.74) is 5.75. The molecule has 1 fully saturated rings. The lowest BCUT2D eigenvalue weighted by molar-refractivity contribution is -0.115. The normalized spacial score (nSPS) is 15.0. The third-order valence-corrected chi connectivity index (χ3v) is 6.44. The van der Waals surface area contributed by atoms with E-state index in [2.05, 4.69) is 27.3 Å². The number of carbonyl (C=O) groups is 1. The second kappa shape index (κ2) is 8.59. The first-order valence-electron chi connectivity index (χ1n) is 9.96. The predicted molar refractivity (Wildman–Crippen MR) is 119 cm³/mol. The highest BCUT2D eigenvalue weighted by molar-refractivity contribution is 7.99. The van der Waals surface area contributed by atoms with Gasteiger partial charge in [0, 0.05) is 53.4 Å². The Balaban J connectivity index is 1.44. The van der Waals surface area contributed by atoms with Crippen LogP contribution < -0.4 is 5.32 Å². The number of H-pyrrole nitrogens is 1. The molecular weight excluding hydrogens is 385 g/mol. The minimum Gasteiger partial charge on any atom is -0.358 e. The van der Waals surface area contributed by atoms with Crippen LogP contribution in [0.15, 0.2) is 36.4 Å². The summed E-state index contributed by atoms with van der Waals surface area (Å²) in [7, 11) is 0. The highest BCUT2D eigenvalue weighted by Gasteiger charge is 2.15. The molecule has 0 bridgehead atoms. The number of aromatic amines is 1. The van der Waals surface area contributed by atoms with E-state index < -0.39 is 0 Å². The Labute approximate surface area is 174 Å². The summed E-state index contributed by atoms with van der Waals surface area (Å²) in [4.78, 5) is 18.4. The van der Waals surface area contributed by atoms with E-state index in [1.54, 1.807) is 6.07 Å². The lowest BCUT2D eigenvalue weighted by Crippen LogP contribution is -2.31. The molecule has 1 saturated heterocycles. The molecule has 0 radical (unpaired) electrons. The monoisotopic (exact) mass is 411 g/mol. The van der Waals surface area contributed by atoms with E-state index in [1.807, 2.05) is 31.7 Å². The maximum absolute atomic E-state index is 13.6. The first kappa shape index (κ1) is 20.0. The highest BCUT2D eigenvalue weighted by Crippen LogP contribution is 2.25. The van der Waals surface area contributed by atoms with Crippen LogP contribution in [0.3, 0.4) is 0 Å². The fraction of sp³-hybridized carbons (Fsp3) is 0.348.